The van der Waals surface area contributed by atoms with Crippen molar-refractivity contribution in [1.82, 2.24) is 9.88 Å². The van der Waals surface area contributed by atoms with Crippen LogP contribution in [0.15, 0.2) is 73.6 Å². The van der Waals surface area contributed by atoms with E-state index in [0.29, 0.717) is 31.7 Å². The zero-order valence-corrected chi connectivity index (χ0v) is 19.7. The number of benzene rings is 2. The Balaban J connectivity index is 1.48. The topological polar surface area (TPSA) is 83.0 Å². The molecule has 0 radical (unpaired) electrons. The van der Waals surface area contributed by atoms with Gasteiger partial charge in [0, 0.05) is 49.2 Å². The van der Waals surface area contributed by atoms with Gasteiger partial charge in [0.05, 0.1) is 17.3 Å². The van der Waals surface area contributed by atoms with E-state index in [4.69, 9.17) is 4.74 Å². The summed E-state index contributed by atoms with van der Waals surface area (Å²) in [6.45, 7) is 5.17. The second-order valence-corrected chi connectivity index (χ2v) is 8.44. The molecule has 2 aromatic carbocycles. The molecule has 0 atom stereocenters. The van der Waals surface area contributed by atoms with Crippen LogP contribution in [-0.2, 0) is 10.9 Å². The van der Waals surface area contributed by atoms with Gasteiger partial charge in [-0.1, -0.05) is 12.7 Å². The molecule has 1 aliphatic rings. The summed E-state index contributed by atoms with van der Waals surface area (Å²) in [5.41, 5.74) is 0.603. The number of aromatic hydroxyl groups is 1. The van der Waals surface area contributed by atoms with Crippen molar-refractivity contribution < 1.29 is 32.6 Å². The second-order valence-electron chi connectivity index (χ2n) is 8.44. The van der Waals surface area contributed by atoms with Crippen molar-refractivity contribution in [1.29, 1.82) is 0 Å². The minimum absolute atomic E-state index is 0.0935. The first-order chi connectivity index (χ1) is 17.7. The van der Waals surface area contributed by atoms with Crippen molar-refractivity contribution in [2.75, 3.05) is 37.7 Å². The number of alkyl halides is 3. The zero-order valence-electron chi connectivity index (χ0n) is 19.7. The van der Waals surface area contributed by atoms with Gasteiger partial charge in [0.2, 0.25) is 0 Å². The Morgan fingerprint density at radius 1 is 0.973 bits per heavy atom. The van der Waals surface area contributed by atoms with Crippen LogP contribution in [0.1, 0.15) is 26.3 Å². The first-order valence-corrected chi connectivity index (χ1v) is 11.4. The molecule has 1 amide bonds. The number of hydrogen-bond donors (Lipinski definition) is 1. The minimum atomic E-state index is -4.65. The van der Waals surface area contributed by atoms with Crippen LogP contribution in [0.3, 0.4) is 0 Å². The highest BCUT2D eigenvalue weighted by atomic mass is 19.4. The van der Waals surface area contributed by atoms with E-state index in [1.165, 1.54) is 35.5 Å². The highest BCUT2D eigenvalue weighted by Gasteiger charge is 2.33. The Labute approximate surface area is 211 Å². The van der Waals surface area contributed by atoms with E-state index >= 15 is 0 Å². The SMILES string of the molecule is C=CCOC(=O)c1ccc(N2CCN(C(=O)c3cc(-c4cncc(O)c4)cc(C(F)(F)F)c3)CC2)cc1. The van der Waals surface area contributed by atoms with Crippen LogP contribution in [0.4, 0.5) is 18.9 Å². The Morgan fingerprint density at radius 3 is 2.30 bits per heavy atom. The number of aromatic nitrogens is 1. The highest BCUT2D eigenvalue weighted by Crippen LogP contribution is 2.34. The lowest BCUT2D eigenvalue weighted by Crippen LogP contribution is -2.48. The maximum absolute atomic E-state index is 13.6. The molecular weight excluding hydrogens is 487 g/mol. The molecule has 1 fully saturated rings. The number of hydrogen-bond acceptors (Lipinski definition) is 6. The molecule has 37 heavy (non-hydrogen) atoms. The van der Waals surface area contributed by atoms with E-state index in [2.05, 4.69) is 11.6 Å². The molecule has 4 rings (SSSR count). The molecule has 1 aliphatic heterocycles. The van der Waals surface area contributed by atoms with Crippen molar-refractivity contribution in [2.24, 2.45) is 0 Å². The van der Waals surface area contributed by atoms with Gasteiger partial charge in [-0.15, -0.1) is 0 Å². The van der Waals surface area contributed by atoms with Gasteiger partial charge in [-0.3, -0.25) is 9.78 Å². The van der Waals surface area contributed by atoms with Crippen molar-refractivity contribution in [3.63, 3.8) is 0 Å². The van der Waals surface area contributed by atoms with E-state index < -0.39 is 23.6 Å². The summed E-state index contributed by atoms with van der Waals surface area (Å²) in [6, 6.07) is 11.3. The van der Waals surface area contributed by atoms with Gasteiger partial charge in [0.15, 0.2) is 0 Å². The smallest absolute Gasteiger partial charge is 0.416 e. The van der Waals surface area contributed by atoms with E-state index in [1.54, 1.807) is 24.3 Å². The molecule has 0 spiro atoms. The molecule has 1 saturated heterocycles. The van der Waals surface area contributed by atoms with Crippen molar-refractivity contribution >= 4 is 17.6 Å². The van der Waals surface area contributed by atoms with Crippen molar-refractivity contribution in [3.05, 3.63) is 90.3 Å². The summed E-state index contributed by atoms with van der Waals surface area (Å²) in [5.74, 6) is -1.16. The summed E-state index contributed by atoms with van der Waals surface area (Å²) >= 11 is 0. The monoisotopic (exact) mass is 511 g/mol. The van der Waals surface area contributed by atoms with E-state index in [-0.39, 0.29) is 29.0 Å². The van der Waals surface area contributed by atoms with Crippen LogP contribution < -0.4 is 4.90 Å². The van der Waals surface area contributed by atoms with Gasteiger partial charge in [-0.05, 0) is 54.1 Å². The summed E-state index contributed by atoms with van der Waals surface area (Å²) in [4.78, 5) is 32.5. The van der Waals surface area contributed by atoms with Crippen LogP contribution in [0.5, 0.6) is 5.75 Å². The average molecular weight is 512 g/mol. The van der Waals surface area contributed by atoms with Gasteiger partial charge in [0.1, 0.15) is 12.4 Å². The first-order valence-electron chi connectivity index (χ1n) is 11.4. The third-order valence-corrected chi connectivity index (χ3v) is 5.93. The van der Waals surface area contributed by atoms with Gasteiger partial charge in [-0.2, -0.15) is 13.2 Å². The van der Waals surface area contributed by atoms with Crippen LogP contribution in [-0.4, -0.2) is 59.7 Å². The average Bonchev–Trinajstić information content (AvgIpc) is 2.90. The van der Waals surface area contributed by atoms with Crippen LogP contribution in [0, 0.1) is 0 Å². The predicted molar refractivity (Wildman–Crippen MR) is 131 cm³/mol. The number of amides is 1. The summed E-state index contributed by atoms with van der Waals surface area (Å²) in [7, 11) is 0. The quantitative estimate of drug-likeness (QED) is 0.379. The van der Waals surface area contributed by atoms with Crippen LogP contribution >= 0.6 is 0 Å². The summed E-state index contributed by atoms with van der Waals surface area (Å²) in [5, 5.41) is 9.69. The Morgan fingerprint density at radius 2 is 1.68 bits per heavy atom. The molecule has 2 heterocycles. The highest BCUT2D eigenvalue weighted by molar-refractivity contribution is 5.96. The lowest BCUT2D eigenvalue weighted by Gasteiger charge is -2.36. The van der Waals surface area contributed by atoms with E-state index in [1.807, 2.05) is 4.90 Å². The number of esters is 1. The molecule has 0 bridgehead atoms. The molecule has 192 valence electrons. The molecule has 3 aromatic rings. The number of carbonyl (C=O) groups is 2. The second kappa shape index (κ2) is 10.7. The summed E-state index contributed by atoms with van der Waals surface area (Å²) < 4.78 is 45.8. The number of piperazine rings is 1. The van der Waals surface area contributed by atoms with Crippen molar-refractivity contribution in [3.8, 4) is 16.9 Å². The number of carbonyl (C=O) groups excluding carboxylic acids is 2. The lowest BCUT2D eigenvalue weighted by atomic mass is 9.99. The fraction of sp³-hybridized carbons (Fsp3) is 0.222. The molecule has 0 unspecified atom stereocenters. The maximum atomic E-state index is 13.6. The fourth-order valence-corrected chi connectivity index (χ4v) is 4.04. The van der Waals surface area contributed by atoms with Gasteiger partial charge in [0.25, 0.3) is 5.91 Å². The minimum Gasteiger partial charge on any atom is -0.506 e. The molecule has 1 N–H and O–H groups in total. The standard InChI is InChI=1S/C27H24F3N3O4/c1-2-11-37-26(36)18-3-5-23(6-4-18)32-7-9-33(10-8-32)25(35)20-12-19(13-22(14-20)27(28,29)30)21-15-24(34)17-31-16-21/h2-6,12-17,34H,1,7-11H2. The number of pyridine rings is 1. The van der Waals surface area contributed by atoms with Gasteiger partial charge >= 0.3 is 12.1 Å². The molecule has 1 aromatic heterocycles. The van der Waals surface area contributed by atoms with Crippen LogP contribution in [0.25, 0.3) is 11.1 Å². The summed E-state index contributed by atoms with van der Waals surface area (Å²) in [6.07, 6.45) is -0.674. The fourth-order valence-electron chi connectivity index (χ4n) is 4.04. The maximum Gasteiger partial charge on any atom is 0.416 e. The molecular formula is C27H24F3N3O4. The Bertz CT molecular complexity index is 1300. The molecule has 10 heteroatoms. The molecule has 0 saturated carbocycles. The van der Waals surface area contributed by atoms with Gasteiger partial charge < -0.3 is 19.6 Å². The number of anilines is 1. The Hall–Kier alpha value is -4.34. The van der Waals surface area contributed by atoms with E-state index in [0.717, 1.165) is 17.8 Å². The molecule has 0 aliphatic carbocycles. The predicted octanol–water partition coefficient (Wildman–Crippen LogP) is 4.78. The Kier molecular flexibility index (Phi) is 7.47. The first kappa shape index (κ1) is 25.7. The lowest BCUT2D eigenvalue weighted by molar-refractivity contribution is -0.137. The normalized spacial score (nSPS) is 13.8. The largest absolute Gasteiger partial charge is 0.506 e. The number of ether oxygens (including phenoxy) is 1. The number of nitrogens with zero attached hydrogens (tertiary/aromatic N) is 3. The number of halogens is 3. The molecule has 7 nitrogen and oxygen atoms in total. The van der Waals surface area contributed by atoms with Gasteiger partial charge in [-0.25, -0.2) is 4.79 Å². The van der Waals surface area contributed by atoms with Crippen LogP contribution in [0.2, 0.25) is 0 Å². The third-order valence-electron chi connectivity index (χ3n) is 5.93. The third kappa shape index (κ3) is 6.08. The van der Waals surface area contributed by atoms with E-state index in [9.17, 15) is 27.9 Å². The number of rotatable bonds is 6. The van der Waals surface area contributed by atoms with Crippen molar-refractivity contribution in [2.45, 2.75) is 6.18 Å². The zero-order chi connectivity index (χ0) is 26.6.